The van der Waals surface area contributed by atoms with Crippen LogP contribution in [0.2, 0.25) is 0 Å². The first-order valence-electron chi connectivity index (χ1n) is 9.70. The highest BCUT2D eigenvalue weighted by molar-refractivity contribution is 5.94. The molecule has 1 unspecified atom stereocenters. The third-order valence-corrected chi connectivity index (χ3v) is 5.28. The van der Waals surface area contributed by atoms with E-state index in [1.54, 1.807) is 4.90 Å². The standard InChI is InChI=1S/C20H27F3N2O2/c21-20(22,23)18-7-5-6-17(12-18)19(26)25-10-11-27-15-16(14-25)13-24-8-3-1-2-4-9-24/h5-7,12,16H,1-4,8-11,13-15H2. The first kappa shape index (κ1) is 20.1. The van der Waals surface area contributed by atoms with Gasteiger partial charge in [0, 0.05) is 31.1 Å². The maximum absolute atomic E-state index is 12.9. The van der Waals surface area contributed by atoms with Crippen molar-refractivity contribution in [1.29, 1.82) is 0 Å². The van der Waals surface area contributed by atoms with Gasteiger partial charge in [0.2, 0.25) is 0 Å². The predicted octanol–water partition coefficient (Wildman–Crippen LogP) is 3.67. The number of amides is 1. The van der Waals surface area contributed by atoms with E-state index < -0.39 is 11.7 Å². The summed E-state index contributed by atoms with van der Waals surface area (Å²) in [5, 5.41) is 0. The van der Waals surface area contributed by atoms with Crippen molar-refractivity contribution in [3.63, 3.8) is 0 Å². The molecule has 0 N–H and O–H groups in total. The van der Waals surface area contributed by atoms with Crippen LogP contribution < -0.4 is 0 Å². The molecule has 0 radical (unpaired) electrons. The van der Waals surface area contributed by atoms with Gasteiger partial charge in [-0.1, -0.05) is 18.9 Å². The summed E-state index contributed by atoms with van der Waals surface area (Å²) in [7, 11) is 0. The molecule has 7 heteroatoms. The summed E-state index contributed by atoms with van der Waals surface area (Å²) in [5.41, 5.74) is -0.708. The Bertz CT molecular complexity index is 628. The normalized spacial score (nSPS) is 22.9. The molecule has 1 aromatic carbocycles. The molecule has 2 aliphatic rings. The maximum atomic E-state index is 12.9. The van der Waals surface area contributed by atoms with Crippen molar-refractivity contribution in [2.75, 3.05) is 45.9 Å². The summed E-state index contributed by atoms with van der Waals surface area (Å²) in [6.45, 7) is 4.93. The molecule has 27 heavy (non-hydrogen) atoms. The van der Waals surface area contributed by atoms with E-state index in [-0.39, 0.29) is 17.4 Å². The number of benzene rings is 1. The molecular formula is C20H27F3N2O2. The molecule has 0 aliphatic carbocycles. The third-order valence-electron chi connectivity index (χ3n) is 5.28. The van der Waals surface area contributed by atoms with Gasteiger partial charge >= 0.3 is 6.18 Å². The van der Waals surface area contributed by atoms with Gasteiger partial charge in [0.1, 0.15) is 0 Å². The Hall–Kier alpha value is -1.60. The molecule has 0 aromatic heterocycles. The molecule has 1 aromatic rings. The van der Waals surface area contributed by atoms with Crippen LogP contribution in [0.4, 0.5) is 13.2 Å². The van der Waals surface area contributed by atoms with Gasteiger partial charge in [-0.3, -0.25) is 4.79 Å². The van der Waals surface area contributed by atoms with Crippen LogP contribution in [0.5, 0.6) is 0 Å². The van der Waals surface area contributed by atoms with E-state index >= 15 is 0 Å². The summed E-state index contributed by atoms with van der Waals surface area (Å²) in [4.78, 5) is 16.9. The van der Waals surface area contributed by atoms with E-state index in [9.17, 15) is 18.0 Å². The fourth-order valence-corrected chi connectivity index (χ4v) is 3.87. The van der Waals surface area contributed by atoms with Gasteiger partial charge in [-0.2, -0.15) is 13.2 Å². The number of rotatable bonds is 3. The molecular weight excluding hydrogens is 357 g/mol. The van der Waals surface area contributed by atoms with Crippen molar-refractivity contribution in [1.82, 2.24) is 9.80 Å². The quantitative estimate of drug-likeness (QED) is 0.797. The van der Waals surface area contributed by atoms with Crippen molar-refractivity contribution in [2.24, 2.45) is 5.92 Å². The van der Waals surface area contributed by atoms with Crippen LogP contribution in [0.25, 0.3) is 0 Å². The van der Waals surface area contributed by atoms with E-state index in [0.717, 1.165) is 31.8 Å². The highest BCUT2D eigenvalue weighted by Crippen LogP contribution is 2.30. The molecule has 3 rings (SSSR count). The zero-order valence-electron chi connectivity index (χ0n) is 15.5. The van der Waals surface area contributed by atoms with Gasteiger partial charge in [-0.25, -0.2) is 0 Å². The number of nitrogens with zero attached hydrogens (tertiary/aromatic N) is 2. The minimum atomic E-state index is -4.45. The van der Waals surface area contributed by atoms with Gasteiger partial charge < -0.3 is 14.5 Å². The van der Waals surface area contributed by atoms with Crippen LogP contribution in [0.15, 0.2) is 24.3 Å². The van der Waals surface area contributed by atoms with Crippen molar-refractivity contribution in [3.8, 4) is 0 Å². The fourth-order valence-electron chi connectivity index (χ4n) is 3.87. The van der Waals surface area contributed by atoms with E-state index in [2.05, 4.69) is 4.90 Å². The number of carbonyl (C=O) groups excluding carboxylic acids is 1. The lowest BCUT2D eigenvalue weighted by atomic mass is 10.1. The first-order valence-corrected chi connectivity index (χ1v) is 9.70. The van der Waals surface area contributed by atoms with Crippen LogP contribution in [0, 0.1) is 5.92 Å². The lowest BCUT2D eigenvalue weighted by Gasteiger charge is -2.28. The molecule has 1 atom stereocenters. The van der Waals surface area contributed by atoms with Crippen LogP contribution in [-0.2, 0) is 10.9 Å². The molecule has 150 valence electrons. The highest BCUT2D eigenvalue weighted by Gasteiger charge is 2.32. The van der Waals surface area contributed by atoms with Gasteiger partial charge in [-0.15, -0.1) is 0 Å². The third kappa shape index (κ3) is 5.69. The Morgan fingerprint density at radius 2 is 1.85 bits per heavy atom. The van der Waals surface area contributed by atoms with Crippen molar-refractivity contribution < 1.29 is 22.7 Å². The number of hydrogen-bond donors (Lipinski definition) is 0. The van der Waals surface area contributed by atoms with E-state index in [4.69, 9.17) is 4.74 Å². The van der Waals surface area contributed by atoms with Crippen LogP contribution in [-0.4, -0.2) is 61.6 Å². The molecule has 2 heterocycles. The molecule has 0 saturated carbocycles. The van der Waals surface area contributed by atoms with E-state index in [0.29, 0.717) is 26.3 Å². The van der Waals surface area contributed by atoms with Gasteiger partial charge in [-0.05, 0) is 44.1 Å². The van der Waals surface area contributed by atoms with E-state index in [1.165, 1.54) is 37.8 Å². The lowest BCUT2D eigenvalue weighted by molar-refractivity contribution is -0.137. The second-order valence-electron chi connectivity index (χ2n) is 7.49. The summed E-state index contributed by atoms with van der Waals surface area (Å²) in [5.74, 6) is -0.173. The Morgan fingerprint density at radius 1 is 1.11 bits per heavy atom. The highest BCUT2D eigenvalue weighted by atomic mass is 19.4. The zero-order chi connectivity index (χ0) is 19.3. The van der Waals surface area contributed by atoms with E-state index in [1.807, 2.05) is 0 Å². The molecule has 0 bridgehead atoms. The first-order chi connectivity index (χ1) is 12.9. The number of hydrogen-bond acceptors (Lipinski definition) is 3. The minimum absolute atomic E-state index is 0.0836. The second kappa shape index (κ2) is 9.06. The topological polar surface area (TPSA) is 32.8 Å². The van der Waals surface area contributed by atoms with Gasteiger partial charge in [0.25, 0.3) is 5.91 Å². The fraction of sp³-hybridized carbons (Fsp3) is 0.650. The minimum Gasteiger partial charge on any atom is -0.379 e. The van der Waals surface area contributed by atoms with Crippen molar-refractivity contribution in [3.05, 3.63) is 35.4 Å². The molecule has 2 aliphatic heterocycles. The Balaban J connectivity index is 1.66. The average molecular weight is 384 g/mol. The number of carbonyl (C=O) groups is 1. The average Bonchev–Trinajstić information content (AvgIpc) is 3.04. The number of likely N-dealkylation sites (tertiary alicyclic amines) is 1. The molecule has 2 saturated heterocycles. The summed E-state index contributed by atoms with van der Waals surface area (Å²) >= 11 is 0. The van der Waals surface area contributed by atoms with Crippen LogP contribution in [0.3, 0.4) is 0 Å². The van der Waals surface area contributed by atoms with Crippen LogP contribution in [0.1, 0.15) is 41.6 Å². The lowest BCUT2D eigenvalue weighted by Crippen LogP contribution is -2.40. The van der Waals surface area contributed by atoms with Crippen LogP contribution >= 0.6 is 0 Å². The summed E-state index contributed by atoms with van der Waals surface area (Å²) < 4.78 is 44.5. The largest absolute Gasteiger partial charge is 0.416 e. The van der Waals surface area contributed by atoms with Crippen molar-refractivity contribution >= 4 is 5.91 Å². The summed E-state index contributed by atoms with van der Waals surface area (Å²) in [6, 6.07) is 4.68. The number of ether oxygens (including phenoxy) is 1. The Kier molecular flexibility index (Phi) is 6.76. The predicted molar refractivity (Wildman–Crippen MR) is 96.6 cm³/mol. The van der Waals surface area contributed by atoms with Gasteiger partial charge in [0.05, 0.1) is 18.8 Å². The van der Waals surface area contributed by atoms with Gasteiger partial charge in [0.15, 0.2) is 0 Å². The molecule has 1 amide bonds. The maximum Gasteiger partial charge on any atom is 0.416 e. The Morgan fingerprint density at radius 3 is 2.56 bits per heavy atom. The molecule has 4 nitrogen and oxygen atoms in total. The van der Waals surface area contributed by atoms with Crippen molar-refractivity contribution in [2.45, 2.75) is 31.9 Å². The zero-order valence-corrected chi connectivity index (χ0v) is 15.5. The monoisotopic (exact) mass is 384 g/mol. The summed E-state index contributed by atoms with van der Waals surface area (Å²) in [6.07, 6.45) is 0.462. The number of halogens is 3. The number of alkyl halides is 3. The Labute approximate surface area is 158 Å². The molecule has 2 fully saturated rings. The molecule has 0 spiro atoms. The second-order valence-corrected chi connectivity index (χ2v) is 7.49. The SMILES string of the molecule is O=C(c1cccc(C(F)(F)F)c1)N1CCOCC(CN2CCCCCC2)C1. The smallest absolute Gasteiger partial charge is 0.379 e.